The summed E-state index contributed by atoms with van der Waals surface area (Å²) in [5, 5.41) is 3.37. The van der Waals surface area contributed by atoms with Gasteiger partial charge in [0.15, 0.2) is 0 Å². The fourth-order valence-corrected chi connectivity index (χ4v) is 6.25. The normalized spacial score (nSPS) is 12.0. The van der Waals surface area contributed by atoms with Crippen molar-refractivity contribution in [3.05, 3.63) is 131 Å². The van der Waals surface area contributed by atoms with Crippen LogP contribution in [0.4, 0.5) is 10.1 Å². The van der Waals surface area contributed by atoms with Crippen molar-refractivity contribution in [3.63, 3.8) is 0 Å². The van der Waals surface area contributed by atoms with Gasteiger partial charge in [0.2, 0.25) is 11.8 Å². The first-order valence-corrected chi connectivity index (χ1v) is 15.6. The average molecular weight is 622 g/mol. The van der Waals surface area contributed by atoms with Gasteiger partial charge in [0.1, 0.15) is 18.4 Å². The summed E-state index contributed by atoms with van der Waals surface area (Å²) in [6, 6.07) is 27.7. The molecule has 224 valence electrons. The van der Waals surface area contributed by atoms with E-state index in [9.17, 15) is 22.4 Å². The molecule has 0 aromatic heterocycles. The number of benzene rings is 4. The fraction of sp³-hybridized carbons (Fsp3) is 0.212. The van der Waals surface area contributed by atoms with E-state index in [1.165, 1.54) is 4.90 Å². The van der Waals surface area contributed by atoms with Crippen molar-refractivity contribution in [1.82, 2.24) is 10.2 Å². The minimum absolute atomic E-state index is 0.00162. The number of amides is 2. The van der Waals surface area contributed by atoms with Crippen LogP contribution in [-0.4, -0.2) is 43.8 Å². The number of anilines is 1. The van der Waals surface area contributed by atoms with Gasteiger partial charge in [-0.1, -0.05) is 72.3 Å². The Morgan fingerprint density at radius 1 is 0.837 bits per heavy atom. The van der Waals surface area contributed by atoms with E-state index in [-0.39, 0.29) is 35.5 Å². The van der Waals surface area contributed by atoms with Crippen LogP contribution < -0.4 is 9.62 Å². The predicted octanol–water partition coefficient (Wildman–Crippen LogP) is 5.84. The molecule has 0 saturated heterocycles. The minimum atomic E-state index is -4.31. The Morgan fingerprint density at radius 2 is 1.44 bits per heavy atom. The van der Waals surface area contributed by atoms with Crippen LogP contribution in [0, 0.1) is 5.82 Å². The molecular formula is C33H33ClFN3O4S. The van der Waals surface area contributed by atoms with Crippen molar-refractivity contribution in [2.75, 3.05) is 10.8 Å². The lowest BCUT2D eigenvalue weighted by molar-refractivity contribution is -0.140. The number of carbonyl (C=O) groups excluding carboxylic acids is 2. The fourth-order valence-electron chi connectivity index (χ4n) is 4.62. The Hall–Kier alpha value is -4.21. The predicted molar refractivity (Wildman–Crippen MR) is 167 cm³/mol. The van der Waals surface area contributed by atoms with Crippen LogP contribution in [0.3, 0.4) is 0 Å². The molecule has 10 heteroatoms. The Balaban J connectivity index is 1.79. The molecule has 43 heavy (non-hydrogen) atoms. The third-order valence-corrected chi connectivity index (χ3v) is 8.69. The molecule has 0 spiro atoms. The van der Waals surface area contributed by atoms with E-state index in [4.69, 9.17) is 11.6 Å². The second kappa shape index (κ2) is 14.3. The van der Waals surface area contributed by atoms with Gasteiger partial charge in [-0.05, 0) is 73.5 Å². The molecule has 0 saturated carbocycles. The van der Waals surface area contributed by atoms with Gasteiger partial charge in [-0.25, -0.2) is 12.8 Å². The highest BCUT2D eigenvalue weighted by Crippen LogP contribution is 2.25. The molecule has 0 heterocycles. The van der Waals surface area contributed by atoms with Crippen LogP contribution in [0.25, 0.3) is 0 Å². The number of carbonyl (C=O) groups is 2. The van der Waals surface area contributed by atoms with E-state index in [0.29, 0.717) is 10.6 Å². The summed E-state index contributed by atoms with van der Waals surface area (Å²) in [5.74, 6) is -1.56. The first-order valence-electron chi connectivity index (χ1n) is 13.8. The van der Waals surface area contributed by atoms with Gasteiger partial charge in [-0.15, -0.1) is 0 Å². The summed E-state index contributed by atoms with van der Waals surface area (Å²) in [6.45, 7) is 3.05. The zero-order chi connectivity index (χ0) is 31.0. The van der Waals surface area contributed by atoms with Crippen LogP contribution in [0.5, 0.6) is 0 Å². The minimum Gasteiger partial charge on any atom is -0.352 e. The largest absolute Gasteiger partial charge is 0.352 e. The molecule has 7 nitrogen and oxygen atoms in total. The molecule has 0 aliphatic carbocycles. The topological polar surface area (TPSA) is 86.8 Å². The maximum atomic E-state index is 14.3. The third kappa shape index (κ3) is 8.43. The van der Waals surface area contributed by atoms with Crippen molar-refractivity contribution in [1.29, 1.82) is 0 Å². The van der Waals surface area contributed by atoms with Crippen molar-refractivity contribution >= 4 is 39.1 Å². The van der Waals surface area contributed by atoms with E-state index in [1.54, 1.807) is 54.6 Å². The van der Waals surface area contributed by atoms with Crippen molar-refractivity contribution in [2.24, 2.45) is 0 Å². The molecule has 0 aliphatic heterocycles. The highest BCUT2D eigenvalue weighted by atomic mass is 35.5. The third-order valence-electron chi connectivity index (χ3n) is 6.67. The molecule has 4 rings (SSSR count). The maximum absolute atomic E-state index is 14.3. The van der Waals surface area contributed by atoms with Crippen molar-refractivity contribution < 1.29 is 22.4 Å². The van der Waals surface area contributed by atoms with Crippen molar-refractivity contribution in [2.45, 2.75) is 43.8 Å². The summed E-state index contributed by atoms with van der Waals surface area (Å²) in [6.07, 6.45) is 0.196. The van der Waals surface area contributed by atoms with Gasteiger partial charge in [-0.2, -0.15) is 0 Å². The number of hydrogen-bond acceptors (Lipinski definition) is 4. The van der Waals surface area contributed by atoms with Crippen LogP contribution in [0.2, 0.25) is 5.02 Å². The van der Waals surface area contributed by atoms with Crippen LogP contribution in [0.15, 0.2) is 114 Å². The molecule has 1 atom stereocenters. The van der Waals surface area contributed by atoms with Gasteiger partial charge in [0.05, 0.1) is 10.6 Å². The molecular weight excluding hydrogens is 589 g/mol. The molecule has 0 aliphatic rings. The lowest BCUT2D eigenvalue weighted by Crippen LogP contribution is -2.54. The van der Waals surface area contributed by atoms with Crippen LogP contribution >= 0.6 is 11.6 Å². The summed E-state index contributed by atoms with van der Waals surface area (Å²) in [5.41, 5.74) is 1.74. The van der Waals surface area contributed by atoms with E-state index < -0.39 is 34.3 Å². The smallest absolute Gasteiger partial charge is 0.264 e. The number of halogens is 2. The van der Waals surface area contributed by atoms with Crippen LogP contribution in [-0.2, 0) is 32.6 Å². The van der Waals surface area contributed by atoms with Crippen molar-refractivity contribution in [3.8, 4) is 0 Å². The number of hydrogen-bond donors (Lipinski definition) is 1. The number of nitrogens with one attached hydrogen (secondary N) is 1. The first kappa shape index (κ1) is 31.7. The number of nitrogens with zero attached hydrogens (tertiary/aromatic N) is 2. The zero-order valence-corrected chi connectivity index (χ0v) is 25.4. The molecule has 1 N–H and O–H groups in total. The summed E-state index contributed by atoms with van der Waals surface area (Å²) >= 11 is 6.25. The van der Waals surface area contributed by atoms with E-state index in [0.717, 1.165) is 34.1 Å². The van der Waals surface area contributed by atoms with E-state index in [1.807, 2.05) is 44.2 Å². The Kier molecular flexibility index (Phi) is 10.6. The molecule has 0 unspecified atom stereocenters. The quantitative estimate of drug-likeness (QED) is 0.215. The molecule has 4 aromatic rings. The highest BCUT2D eigenvalue weighted by Gasteiger charge is 2.34. The maximum Gasteiger partial charge on any atom is 0.264 e. The van der Waals surface area contributed by atoms with Gasteiger partial charge in [0.25, 0.3) is 10.0 Å². The van der Waals surface area contributed by atoms with E-state index in [2.05, 4.69) is 5.32 Å². The number of sulfonamides is 1. The number of para-hydroxylation sites is 1. The lowest BCUT2D eigenvalue weighted by Gasteiger charge is -2.34. The van der Waals surface area contributed by atoms with Crippen LogP contribution in [0.1, 0.15) is 25.0 Å². The van der Waals surface area contributed by atoms with Gasteiger partial charge in [0, 0.05) is 24.0 Å². The number of rotatable bonds is 12. The second-order valence-corrected chi connectivity index (χ2v) is 12.6. The lowest BCUT2D eigenvalue weighted by atomic mass is 10.0. The van der Waals surface area contributed by atoms with Gasteiger partial charge >= 0.3 is 0 Å². The van der Waals surface area contributed by atoms with Gasteiger partial charge in [-0.3, -0.25) is 13.9 Å². The SMILES string of the molecule is CC(C)NC(=O)[C@@H](Cc1ccccc1)N(Cc1cccc(Cl)c1)C(=O)CN(c1ccccc1)S(=O)(=O)c1ccc(F)cc1. The summed E-state index contributed by atoms with van der Waals surface area (Å²) in [4.78, 5) is 29.2. The highest BCUT2D eigenvalue weighted by molar-refractivity contribution is 7.92. The monoisotopic (exact) mass is 621 g/mol. The Morgan fingerprint density at radius 3 is 2.05 bits per heavy atom. The van der Waals surface area contributed by atoms with Gasteiger partial charge < -0.3 is 10.2 Å². The molecule has 0 radical (unpaired) electrons. The summed E-state index contributed by atoms with van der Waals surface area (Å²) in [7, 11) is -4.31. The molecule has 0 bridgehead atoms. The zero-order valence-electron chi connectivity index (χ0n) is 23.9. The molecule has 0 fully saturated rings. The Bertz CT molecular complexity index is 1640. The van der Waals surface area contributed by atoms with E-state index >= 15 is 0 Å². The average Bonchev–Trinajstić information content (AvgIpc) is 2.98. The standard InChI is InChI=1S/C33H33ClFN3O4S/c1-24(2)36-33(40)31(21-25-10-5-3-6-11-25)37(22-26-12-9-13-27(34)20-26)32(39)23-38(29-14-7-4-8-15-29)43(41,42)30-18-16-28(35)17-19-30/h3-20,24,31H,21-23H2,1-2H3,(H,36,40)/t31-/m1/s1. The summed E-state index contributed by atoms with van der Waals surface area (Å²) < 4.78 is 42.4. The molecule has 2 amide bonds. The Labute approximate surface area is 257 Å². The first-order chi connectivity index (χ1) is 20.5. The second-order valence-electron chi connectivity index (χ2n) is 10.3. The molecule has 4 aromatic carbocycles.